The van der Waals surface area contributed by atoms with Crippen molar-refractivity contribution in [2.75, 3.05) is 13.1 Å². The van der Waals surface area contributed by atoms with Crippen molar-refractivity contribution in [1.82, 2.24) is 4.90 Å². The zero-order chi connectivity index (χ0) is 18.6. The van der Waals surface area contributed by atoms with E-state index < -0.39 is 15.6 Å². The Morgan fingerprint density at radius 3 is 2.12 bits per heavy atom. The summed E-state index contributed by atoms with van der Waals surface area (Å²) in [5.41, 5.74) is -5.53. The highest BCUT2D eigenvalue weighted by molar-refractivity contribution is 7.86. The van der Waals surface area contributed by atoms with Crippen LogP contribution in [-0.2, 0) is 10.1 Å². The van der Waals surface area contributed by atoms with E-state index in [0.717, 1.165) is 6.04 Å². The third-order valence-corrected chi connectivity index (χ3v) is 4.80. The smallest absolute Gasteiger partial charge is 0.300 e. The van der Waals surface area contributed by atoms with Crippen LogP contribution in [0.25, 0.3) is 0 Å². The van der Waals surface area contributed by atoms with Gasteiger partial charge in [-0.15, -0.1) is 0 Å². The molecule has 1 aliphatic heterocycles. The van der Waals surface area contributed by atoms with Gasteiger partial charge in [0.15, 0.2) is 0 Å². The second-order valence-electron chi connectivity index (χ2n) is 6.31. The Balaban J connectivity index is 0.000000561. The molecule has 1 N–H and O–H groups in total. The molecule has 1 rings (SSSR count). The van der Waals surface area contributed by atoms with Crippen molar-refractivity contribution in [1.29, 1.82) is 0 Å². The lowest BCUT2D eigenvalue weighted by atomic mass is 9.98. The number of hydrogen-bond acceptors (Lipinski definition) is 3. The van der Waals surface area contributed by atoms with Crippen LogP contribution < -0.4 is 0 Å². The predicted molar refractivity (Wildman–Crippen MR) is 90.5 cm³/mol. The third kappa shape index (κ3) is 10.5. The van der Waals surface area contributed by atoms with E-state index >= 15 is 0 Å². The molecule has 1 heterocycles. The number of nitrogens with zero attached hydrogens (tertiary/aromatic N) is 1. The minimum Gasteiger partial charge on any atom is -0.300 e. The number of unbranched alkanes of at least 4 members (excludes halogenated alkanes) is 4. The fraction of sp³-hybridized carbons (Fsp3) is 1.00. The van der Waals surface area contributed by atoms with E-state index in [4.69, 9.17) is 13.0 Å². The summed E-state index contributed by atoms with van der Waals surface area (Å²) in [6.45, 7) is 7.36. The molecule has 24 heavy (non-hydrogen) atoms. The van der Waals surface area contributed by atoms with Gasteiger partial charge < -0.3 is 4.90 Å². The molecule has 8 heteroatoms. The number of hydrogen-bond donors (Lipinski definition) is 1. The SMILES string of the molecule is CCCCCCCN1CCCCC1CCC.O=S(=O)(O)C(F)(F)F. The highest BCUT2D eigenvalue weighted by Crippen LogP contribution is 2.21. The summed E-state index contributed by atoms with van der Waals surface area (Å²) in [7, 11) is -5.84. The van der Waals surface area contributed by atoms with Gasteiger partial charge in [-0.25, -0.2) is 0 Å². The van der Waals surface area contributed by atoms with Gasteiger partial charge in [0, 0.05) is 6.04 Å². The molecule has 0 aliphatic carbocycles. The summed E-state index contributed by atoms with van der Waals surface area (Å²) < 4.78 is 57.5. The number of piperidine rings is 1. The van der Waals surface area contributed by atoms with Crippen molar-refractivity contribution in [3.63, 3.8) is 0 Å². The molecule has 0 aromatic heterocycles. The Morgan fingerprint density at radius 1 is 1.04 bits per heavy atom. The summed E-state index contributed by atoms with van der Waals surface area (Å²) in [6, 6.07) is 0.921. The Morgan fingerprint density at radius 2 is 1.62 bits per heavy atom. The van der Waals surface area contributed by atoms with E-state index in [-0.39, 0.29) is 0 Å². The van der Waals surface area contributed by atoms with Crippen LogP contribution in [-0.4, -0.2) is 42.5 Å². The van der Waals surface area contributed by atoms with Crippen LogP contribution in [0.4, 0.5) is 13.2 Å². The molecular formula is C16H32F3NO3S. The molecule has 4 nitrogen and oxygen atoms in total. The maximum Gasteiger partial charge on any atom is 0.522 e. The van der Waals surface area contributed by atoms with Gasteiger partial charge in [0.05, 0.1) is 0 Å². The molecule has 0 aromatic carbocycles. The number of likely N-dealkylation sites (tertiary alicyclic amines) is 1. The molecule has 0 amide bonds. The van der Waals surface area contributed by atoms with Gasteiger partial charge in [-0.2, -0.15) is 21.6 Å². The molecule has 0 radical (unpaired) electrons. The number of halogens is 3. The van der Waals surface area contributed by atoms with E-state index in [9.17, 15) is 13.2 Å². The first-order valence-electron chi connectivity index (χ1n) is 8.91. The topological polar surface area (TPSA) is 57.6 Å². The molecule has 1 unspecified atom stereocenters. The van der Waals surface area contributed by atoms with Crippen LogP contribution >= 0.6 is 0 Å². The van der Waals surface area contributed by atoms with Gasteiger partial charge in [-0.3, -0.25) is 4.55 Å². The zero-order valence-corrected chi connectivity index (χ0v) is 15.6. The summed E-state index contributed by atoms with van der Waals surface area (Å²) >= 11 is 0. The molecule has 0 saturated carbocycles. The molecule has 0 spiro atoms. The second-order valence-corrected chi connectivity index (χ2v) is 7.72. The van der Waals surface area contributed by atoms with Crippen LogP contribution in [0.15, 0.2) is 0 Å². The molecular weight excluding hydrogens is 343 g/mol. The summed E-state index contributed by atoms with van der Waals surface area (Å²) in [5, 5.41) is 0. The van der Waals surface area contributed by atoms with Crippen molar-refractivity contribution in [3.8, 4) is 0 Å². The maximum absolute atomic E-state index is 10.7. The molecule has 0 bridgehead atoms. The van der Waals surface area contributed by atoms with Gasteiger partial charge in [-0.05, 0) is 38.8 Å². The lowest BCUT2D eigenvalue weighted by Crippen LogP contribution is -2.39. The van der Waals surface area contributed by atoms with E-state index in [1.807, 2.05) is 0 Å². The minimum absolute atomic E-state index is 0.921. The lowest BCUT2D eigenvalue weighted by Gasteiger charge is -2.35. The van der Waals surface area contributed by atoms with Crippen molar-refractivity contribution in [2.24, 2.45) is 0 Å². The first-order chi connectivity index (χ1) is 11.1. The van der Waals surface area contributed by atoms with Gasteiger partial charge in [0.1, 0.15) is 0 Å². The first-order valence-corrected chi connectivity index (χ1v) is 10.3. The van der Waals surface area contributed by atoms with Crippen molar-refractivity contribution in [3.05, 3.63) is 0 Å². The van der Waals surface area contributed by atoms with Crippen molar-refractivity contribution < 1.29 is 26.1 Å². The second kappa shape index (κ2) is 12.1. The highest BCUT2D eigenvalue weighted by Gasteiger charge is 2.44. The van der Waals surface area contributed by atoms with Crippen LogP contribution in [0.5, 0.6) is 0 Å². The van der Waals surface area contributed by atoms with Crippen molar-refractivity contribution >= 4 is 10.1 Å². The highest BCUT2D eigenvalue weighted by atomic mass is 32.2. The lowest BCUT2D eigenvalue weighted by molar-refractivity contribution is -0.0510. The quantitative estimate of drug-likeness (QED) is 0.368. The first kappa shape index (κ1) is 23.7. The Kier molecular flexibility index (Phi) is 11.9. The van der Waals surface area contributed by atoms with Crippen LogP contribution in [0.3, 0.4) is 0 Å². The van der Waals surface area contributed by atoms with Crippen LogP contribution in [0.1, 0.15) is 78.1 Å². The molecule has 1 aliphatic rings. The fourth-order valence-corrected chi connectivity index (χ4v) is 2.93. The Hall–Kier alpha value is -0.340. The Labute approximate surface area is 144 Å². The molecule has 0 aromatic rings. The predicted octanol–water partition coefficient (Wildman–Crippen LogP) is 5.01. The van der Waals surface area contributed by atoms with Gasteiger partial charge in [0.2, 0.25) is 0 Å². The van der Waals surface area contributed by atoms with Gasteiger partial charge in [-0.1, -0.05) is 52.4 Å². The largest absolute Gasteiger partial charge is 0.522 e. The van der Waals surface area contributed by atoms with Crippen LogP contribution in [0, 0.1) is 0 Å². The third-order valence-electron chi connectivity index (χ3n) is 4.21. The van der Waals surface area contributed by atoms with E-state index in [1.165, 1.54) is 77.3 Å². The maximum atomic E-state index is 10.7. The number of alkyl halides is 3. The van der Waals surface area contributed by atoms with Gasteiger partial charge in [0.25, 0.3) is 0 Å². The molecule has 1 saturated heterocycles. The fourth-order valence-electron chi connectivity index (χ4n) is 2.93. The zero-order valence-electron chi connectivity index (χ0n) is 14.8. The van der Waals surface area contributed by atoms with E-state index in [2.05, 4.69) is 18.7 Å². The normalized spacial score (nSPS) is 19.7. The van der Waals surface area contributed by atoms with Gasteiger partial charge >= 0.3 is 15.6 Å². The van der Waals surface area contributed by atoms with E-state index in [1.54, 1.807) is 0 Å². The van der Waals surface area contributed by atoms with Crippen LogP contribution in [0.2, 0.25) is 0 Å². The molecule has 1 atom stereocenters. The average molecular weight is 375 g/mol. The van der Waals surface area contributed by atoms with Crippen molar-refractivity contribution in [2.45, 2.75) is 89.6 Å². The monoisotopic (exact) mass is 375 g/mol. The number of rotatable bonds is 8. The summed E-state index contributed by atoms with van der Waals surface area (Å²) in [4.78, 5) is 2.78. The summed E-state index contributed by atoms with van der Waals surface area (Å²) in [6.07, 6.45) is 14.3. The molecule has 146 valence electrons. The standard InChI is InChI=1S/C15H31N.CHF3O3S/c1-3-5-6-7-9-13-16-14-10-8-12-15(16)11-4-2;2-1(3,4)8(5,6)7/h15H,3-14H2,1-2H3;(H,5,6,7). The van der Waals surface area contributed by atoms with E-state index in [0.29, 0.717) is 0 Å². The average Bonchev–Trinajstić information content (AvgIpc) is 2.47. The Bertz CT molecular complexity index is 411. The minimum atomic E-state index is -5.84. The summed E-state index contributed by atoms with van der Waals surface area (Å²) in [5.74, 6) is 0. The molecule has 1 fully saturated rings.